The van der Waals surface area contributed by atoms with Gasteiger partial charge in [-0.15, -0.1) is 11.3 Å². The lowest BCUT2D eigenvalue weighted by Crippen LogP contribution is -2.32. The van der Waals surface area contributed by atoms with Gasteiger partial charge in [0.1, 0.15) is 11.4 Å². The Hall–Kier alpha value is -5.16. The monoisotopic (exact) mass is 666 g/mol. The molecule has 1 aliphatic rings. The smallest absolute Gasteiger partial charge is 0.407 e. The minimum Gasteiger partial charge on any atom is -0.493 e. The number of ether oxygens (including phenoxy) is 3. The van der Waals surface area contributed by atoms with Crippen molar-refractivity contribution in [1.82, 2.24) is 15.1 Å². The second kappa shape index (κ2) is 13.5. The highest BCUT2D eigenvalue weighted by Crippen LogP contribution is 2.44. The molecule has 6 rings (SSSR count). The molecule has 1 aliphatic heterocycles. The minimum atomic E-state index is -0.593. The summed E-state index contributed by atoms with van der Waals surface area (Å²) in [6.45, 7) is 8.95. The normalized spacial score (nSPS) is 12.4. The van der Waals surface area contributed by atoms with Gasteiger partial charge in [0, 0.05) is 46.6 Å². The SMILES string of the molecule is CCCn1ncc2c(C(=O)OC)c(-c3cc4c(cc3C(=O)Nc3ccc(CNC(=O)OC(C)(C)C)cc3)-c3sccc3CCO4)ccc21. The summed E-state index contributed by atoms with van der Waals surface area (Å²) in [5.41, 5.74) is 5.40. The van der Waals surface area contributed by atoms with Crippen molar-refractivity contribution in [2.75, 3.05) is 19.0 Å². The maximum Gasteiger partial charge on any atom is 0.407 e. The molecule has 3 aromatic carbocycles. The number of benzene rings is 3. The summed E-state index contributed by atoms with van der Waals surface area (Å²) in [6, 6.07) is 16.8. The number of amides is 2. The Balaban J connectivity index is 1.40. The summed E-state index contributed by atoms with van der Waals surface area (Å²) in [5, 5.41) is 13.0. The second-order valence-electron chi connectivity index (χ2n) is 12.6. The summed E-state index contributed by atoms with van der Waals surface area (Å²) >= 11 is 1.60. The fourth-order valence-electron chi connectivity index (χ4n) is 5.81. The van der Waals surface area contributed by atoms with Crippen molar-refractivity contribution in [2.45, 2.75) is 59.2 Å². The van der Waals surface area contributed by atoms with Gasteiger partial charge in [-0.3, -0.25) is 9.48 Å². The molecular weight excluding hydrogens is 628 g/mol. The minimum absolute atomic E-state index is 0.273. The van der Waals surface area contributed by atoms with E-state index < -0.39 is 17.7 Å². The van der Waals surface area contributed by atoms with Gasteiger partial charge in [0.2, 0.25) is 0 Å². The van der Waals surface area contributed by atoms with E-state index in [1.165, 1.54) is 7.11 Å². The van der Waals surface area contributed by atoms with Gasteiger partial charge in [-0.25, -0.2) is 9.59 Å². The maximum absolute atomic E-state index is 14.2. The summed E-state index contributed by atoms with van der Waals surface area (Å²) in [4.78, 5) is 40.8. The van der Waals surface area contributed by atoms with E-state index >= 15 is 0 Å². The Bertz CT molecular complexity index is 2000. The van der Waals surface area contributed by atoms with Crippen LogP contribution in [0.1, 0.15) is 66.0 Å². The zero-order valence-electron chi connectivity index (χ0n) is 27.6. The van der Waals surface area contributed by atoms with E-state index in [0.717, 1.165) is 39.9 Å². The van der Waals surface area contributed by atoms with Crippen molar-refractivity contribution >= 4 is 45.9 Å². The third kappa shape index (κ3) is 6.77. The molecule has 2 aromatic heterocycles. The number of anilines is 1. The van der Waals surface area contributed by atoms with E-state index in [1.807, 2.05) is 67.2 Å². The number of esters is 1. The van der Waals surface area contributed by atoms with Gasteiger partial charge >= 0.3 is 12.1 Å². The van der Waals surface area contributed by atoms with Crippen LogP contribution >= 0.6 is 11.3 Å². The fourth-order valence-corrected chi connectivity index (χ4v) is 6.79. The third-order valence-corrected chi connectivity index (χ3v) is 8.96. The molecule has 248 valence electrons. The number of hydrogen-bond acceptors (Lipinski definition) is 8. The van der Waals surface area contributed by atoms with Crippen LogP contribution in [-0.2, 0) is 29.0 Å². The second-order valence-corrected chi connectivity index (χ2v) is 13.5. The Morgan fingerprint density at radius 2 is 1.81 bits per heavy atom. The Labute approximate surface area is 283 Å². The molecular formula is C37H38N4O6S. The zero-order chi connectivity index (χ0) is 34.0. The molecule has 48 heavy (non-hydrogen) atoms. The summed E-state index contributed by atoms with van der Waals surface area (Å²) in [6.07, 6.45) is 2.80. The number of methoxy groups -OCH3 is 1. The average Bonchev–Trinajstić information content (AvgIpc) is 3.66. The van der Waals surface area contributed by atoms with E-state index in [0.29, 0.717) is 52.2 Å². The van der Waals surface area contributed by atoms with Crippen LogP contribution in [0.4, 0.5) is 10.5 Å². The predicted octanol–water partition coefficient (Wildman–Crippen LogP) is 7.84. The van der Waals surface area contributed by atoms with Crippen LogP contribution in [0.15, 0.2) is 66.2 Å². The van der Waals surface area contributed by atoms with E-state index in [9.17, 15) is 14.4 Å². The first-order chi connectivity index (χ1) is 23.1. The largest absolute Gasteiger partial charge is 0.493 e. The lowest BCUT2D eigenvalue weighted by atomic mass is 9.90. The topological polar surface area (TPSA) is 121 Å². The number of nitrogens with zero attached hydrogens (tertiary/aromatic N) is 2. The number of hydrogen-bond donors (Lipinski definition) is 2. The van der Waals surface area contributed by atoms with Crippen LogP contribution in [0.2, 0.25) is 0 Å². The Morgan fingerprint density at radius 3 is 2.54 bits per heavy atom. The van der Waals surface area contributed by atoms with Crippen molar-refractivity contribution < 1.29 is 28.6 Å². The summed E-state index contributed by atoms with van der Waals surface area (Å²) in [7, 11) is 1.35. The van der Waals surface area contributed by atoms with Crippen molar-refractivity contribution in [2.24, 2.45) is 0 Å². The van der Waals surface area contributed by atoms with Crippen molar-refractivity contribution in [3.8, 4) is 27.3 Å². The van der Waals surface area contributed by atoms with Gasteiger partial charge in [0.05, 0.1) is 31.0 Å². The summed E-state index contributed by atoms with van der Waals surface area (Å²) < 4.78 is 18.7. The van der Waals surface area contributed by atoms with Crippen LogP contribution in [0.25, 0.3) is 32.5 Å². The number of nitrogens with one attached hydrogen (secondary N) is 2. The van der Waals surface area contributed by atoms with E-state index in [1.54, 1.807) is 29.7 Å². The number of thiophene rings is 1. The first kappa shape index (κ1) is 32.8. The highest BCUT2D eigenvalue weighted by atomic mass is 32.1. The first-order valence-corrected chi connectivity index (χ1v) is 16.8. The molecule has 0 radical (unpaired) electrons. The van der Waals surface area contributed by atoms with Crippen LogP contribution in [0.3, 0.4) is 0 Å². The Morgan fingerprint density at radius 1 is 1.02 bits per heavy atom. The van der Waals surface area contributed by atoms with Crippen molar-refractivity contribution in [3.05, 3.63) is 88.4 Å². The first-order valence-electron chi connectivity index (χ1n) is 15.9. The molecule has 3 heterocycles. The molecule has 0 unspecified atom stereocenters. The predicted molar refractivity (Wildman–Crippen MR) is 187 cm³/mol. The average molecular weight is 667 g/mol. The highest BCUT2D eigenvalue weighted by molar-refractivity contribution is 7.13. The molecule has 2 amide bonds. The van der Waals surface area contributed by atoms with Gasteiger partial charge in [-0.05, 0) is 91.2 Å². The number of aryl methyl sites for hydroxylation is 1. The van der Waals surface area contributed by atoms with E-state index in [-0.39, 0.29) is 12.5 Å². The zero-order valence-corrected chi connectivity index (χ0v) is 28.5. The number of carbonyl (C=O) groups is 3. The molecule has 11 heteroatoms. The third-order valence-electron chi connectivity index (χ3n) is 7.97. The molecule has 0 aliphatic carbocycles. The number of alkyl carbamates (subject to hydrolysis) is 1. The molecule has 0 atom stereocenters. The van der Waals surface area contributed by atoms with Gasteiger partial charge in [-0.1, -0.05) is 25.1 Å². The fraction of sp³-hybridized carbons (Fsp3) is 0.297. The van der Waals surface area contributed by atoms with Gasteiger partial charge in [0.15, 0.2) is 0 Å². The molecule has 0 spiro atoms. The standard InChI is InChI=1S/C37H38N4O6S/c1-6-15-41-30-12-11-25(32(35(43)45-5)29(30)21-39-41)26-19-31-28(33-23(13-16-46-31)14-17-48-33)18-27(26)34(42)40-24-9-7-22(8-10-24)20-38-36(44)47-37(2,3)4/h7-12,14,17-19,21H,6,13,15-16,20H2,1-5H3,(H,38,44)(H,40,42). The molecule has 0 saturated heterocycles. The molecule has 0 fully saturated rings. The van der Waals surface area contributed by atoms with Crippen LogP contribution in [-0.4, -0.2) is 47.1 Å². The van der Waals surface area contributed by atoms with Gasteiger partial charge in [0.25, 0.3) is 5.91 Å². The van der Waals surface area contributed by atoms with Crippen LogP contribution in [0, 0.1) is 0 Å². The van der Waals surface area contributed by atoms with E-state index in [4.69, 9.17) is 14.2 Å². The maximum atomic E-state index is 14.2. The molecule has 10 nitrogen and oxygen atoms in total. The van der Waals surface area contributed by atoms with Gasteiger partial charge < -0.3 is 24.8 Å². The molecule has 2 N–H and O–H groups in total. The number of rotatable bonds is 8. The Kier molecular flexibility index (Phi) is 9.23. The highest BCUT2D eigenvalue weighted by Gasteiger charge is 2.27. The van der Waals surface area contributed by atoms with Crippen LogP contribution < -0.4 is 15.4 Å². The number of fused-ring (bicyclic) bond motifs is 4. The molecule has 0 bridgehead atoms. The lowest BCUT2D eigenvalue weighted by molar-refractivity contribution is 0.0522. The van der Waals surface area contributed by atoms with Crippen LogP contribution in [0.5, 0.6) is 5.75 Å². The lowest BCUT2D eigenvalue weighted by Gasteiger charge is -2.19. The number of carbonyl (C=O) groups excluding carboxylic acids is 3. The van der Waals surface area contributed by atoms with Crippen molar-refractivity contribution in [1.29, 1.82) is 0 Å². The molecule has 5 aromatic rings. The van der Waals surface area contributed by atoms with Crippen molar-refractivity contribution in [3.63, 3.8) is 0 Å². The summed E-state index contributed by atoms with van der Waals surface area (Å²) in [5.74, 6) is -0.237. The number of aromatic nitrogens is 2. The molecule has 0 saturated carbocycles. The quantitative estimate of drug-likeness (QED) is 0.162. The van der Waals surface area contributed by atoms with E-state index in [2.05, 4.69) is 28.7 Å². The van der Waals surface area contributed by atoms with Gasteiger partial charge in [-0.2, -0.15) is 5.10 Å².